The minimum absolute atomic E-state index is 0.0460. The molecule has 5 heteroatoms. The van der Waals surface area contributed by atoms with Gasteiger partial charge in [-0.25, -0.2) is 4.98 Å². The zero-order chi connectivity index (χ0) is 12.8. The number of carbonyl (C=O) groups excluding carboxylic acids is 2. The molecular formula is C12H11ClN2O2. The Morgan fingerprint density at radius 2 is 2.29 bits per heavy atom. The van der Waals surface area contributed by atoms with E-state index in [0.29, 0.717) is 0 Å². The van der Waals surface area contributed by atoms with Gasteiger partial charge in [0.05, 0.1) is 11.6 Å². The Balaban J connectivity index is 2.84. The van der Waals surface area contributed by atoms with E-state index in [9.17, 15) is 9.59 Å². The number of pyridine rings is 1. The predicted octanol–water partition coefficient (Wildman–Crippen LogP) is 2.43. The largest absolute Gasteiger partial charge is 0.300 e. The van der Waals surface area contributed by atoms with Crippen LogP contribution in [0.15, 0.2) is 18.3 Å². The number of carbonyl (C=O) groups is 2. The third-order valence-electron chi connectivity index (χ3n) is 2.28. The number of rotatable bonds is 5. The topological polar surface area (TPSA) is 70.8 Å². The summed E-state index contributed by atoms with van der Waals surface area (Å²) in [5, 5.41) is 9.00. The Bertz CT molecular complexity index is 480. The molecule has 1 rings (SSSR count). The van der Waals surface area contributed by atoms with E-state index in [1.54, 1.807) is 6.07 Å². The summed E-state index contributed by atoms with van der Waals surface area (Å²) < 4.78 is 0. The molecule has 0 spiro atoms. The number of nitrogens with zero attached hydrogens (tertiary/aromatic N) is 2. The van der Waals surface area contributed by atoms with Crippen molar-refractivity contribution in [1.82, 2.24) is 4.98 Å². The van der Waals surface area contributed by atoms with Crippen molar-refractivity contribution < 1.29 is 9.59 Å². The second-order valence-electron chi connectivity index (χ2n) is 3.63. The van der Waals surface area contributed by atoms with Gasteiger partial charge in [-0.15, -0.1) is 0 Å². The zero-order valence-electron chi connectivity index (χ0n) is 9.31. The third-order valence-corrected chi connectivity index (χ3v) is 2.58. The summed E-state index contributed by atoms with van der Waals surface area (Å²) >= 11 is 5.77. The molecule has 88 valence electrons. The van der Waals surface area contributed by atoms with Gasteiger partial charge >= 0.3 is 0 Å². The molecule has 0 saturated carbocycles. The highest BCUT2D eigenvalue weighted by Crippen LogP contribution is 2.19. The molecule has 0 N–H and O–H groups in total. The summed E-state index contributed by atoms with van der Waals surface area (Å²) in [5.74, 6) is -1.28. The van der Waals surface area contributed by atoms with Gasteiger partial charge in [-0.1, -0.05) is 11.6 Å². The Labute approximate surface area is 104 Å². The fourth-order valence-corrected chi connectivity index (χ4v) is 1.57. The van der Waals surface area contributed by atoms with Crippen LogP contribution in [0.5, 0.6) is 0 Å². The first-order valence-electron chi connectivity index (χ1n) is 5.10. The molecule has 0 aliphatic heterocycles. The van der Waals surface area contributed by atoms with Crippen LogP contribution in [0.1, 0.15) is 30.1 Å². The van der Waals surface area contributed by atoms with Gasteiger partial charge in [-0.2, -0.15) is 5.26 Å². The van der Waals surface area contributed by atoms with Gasteiger partial charge in [0.1, 0.15) is 16.9 Å². The molecule has 1 unspecified atom stereocenters. The number of ketones is 2. The Morgan fingerprint density at radius 3 is 2.82 bits per heavy atom. The third kappa shape index (κ3) is 3.65. The van der Waals surface area contributed by atoms with E-state index in [2.05, 4.69) is 4.98 Å². The van der Waals surface area contributed by atoms with E-state index in [0.717, 1.165) is 0 Å². The second-order valence-corrected chi connectivity index (χ2v) is 3.99. The summed E-state index contributed by atoms with van der Waals surface area (Å²) in [4.78, 5) is 26.6. The number of nitriles is 1. The molecule has 0 aromatic carbocycles. The van der Waals surface area contributed by atoms with Crippen molar-refractivity contribution >= 4 is 23.2 Å². The maximum Gasteiger partial charge on any atom is 0.183 e. The lowest BCUT2D eigenvalue weighted by Gasteiger charge is -2.07. The van der Waals surface area contributed by atoms with Crippen molar-refractivity contribution in [2.45, 2.75) is 19.8 Å². The lowest BCUT2D eigenvalue weighted by Crippen LogP contribution is -2.15. The van der Waals surface area contributed by atoms with Crippen LogP contribution in [0, 0.1) is 17.2 Å². The molecule has 0 aliphatic rings. The fraction of sp³-hybridized carbons (Fsp3) is 0.333. The standard InChI is InChI=1S/C12H11ClN2O2/c1-8(16)4-5-9(7-14)11(17)10-3-2-6-15-12(10)13/h2-3,6,9H,4-5H2,1H3. The van der Waals surface area contributed by atoms with Gasteiger partial charge in [-0.05, 0) is 25.5 Å². The van der Waals surface area contributed by atoms with Crippen LogP contribution < -0.4 is 0 Å². The van der Waals surface area contributed by atoms with Crippen molar-refractivity contribution in [1.29, 1.82) is 5.26 Å². The molecule has 1 aromatic rings. The molecule has 17 heavy (non-hydrogen) atoms. The average Bonchev–Trinajstić information content (AvgIpc) is 2.29. The van der Waals surface area contributed by atoms with Crippen molar-refractivity contribution in [3.05, 3.63) is 29.0 Å². The zero-order valence-corrected chi connectivity index (χ0v) is 10.1. The first-order chi connectivity index (χ1) is 8.06. The maximum absolute atomic E-state index is 12.0. The SMILES string of the molecule is CC(=O)CCC(C#N)C(=O)c1cccnc1Cl. The average molecular weight is 251 g/mol. The van der Waals surface area contributed by atoms with E-state index in [-0.39, 0.29) is 35.1 Å². The molecule has 1 aromatic heterocycles. The van der Waals surface area contributed by atoms with Crippen molar-refractivity contribution in [2.24, 2.45) is 5.92 Å². The summed E-state index contributed by atoms with van der Waals surface area (Å²) in [5.41, 5.74) is 0.226. The summed E-state index contributed by atoms with van der Waals surface area (Å²) in [7, 11) is 0. The van der Waals surface area contributed by atoms with E-state index in [1.165, 1.54) is 19.2 Å². The molecule has 0 fully saturated rings. The van der Waals surface area contributed by atoms with Crippen molar-refractivity contribution in [3.8, 4) is 6.07 Å². The van der Waals surface area contributed by atoms with Crippen LogP contribution >= 0.6 is 11.6 Å². The highest BCUT2D eigenvalue weighted by atomic mass is 35.5. The number of halogens is 1. The molecule has 0 amide bonds. The number of hydrogen-bond donors (Lipinski definition) is 0. The fourth-order valence-electron chi connectivity index (χ4n) is 1.36. The monoisotopic (exact) mass is 250 g/mol. The van der Waals surface area contributed by atoms with Crippen molar-refractivity contribution in [3.63, 3.8) is 0 Å². The number of aromatic nitrogens is 1. The highest BCUT2D eigenvalue weighted by Gasteiger charge is 2.22. The lowest BCUT2D eigenvalue weighted by atomic mass is 9.94. The molecule has 4 nitrogen and oxygen atoms in total. The smallest absolute Gasteiger partial charge is 0.183 e. The minimum Gasteiger partial charge on any atom is -0.300 e. The summed E-state index contributed by atoms with van der Waals surface area (Å²) in [6.07, 6.45) is 1.90. The van der Waals surface area contributed by atoms with Crippen LogP contribution in [0.2, 0.25) is 5.15 Å². The quantitative estimate of drug-likeness (QED) is 0.594. The van der Waals surface area contributed by atoms with Gasteiger partial charge in [0.15, 0.2) is 5.78 Å². The van der Waals surface area contributed by atoms with Gasteiger partial charge in [0, 0.05) is 12.6 Å². The van der Waals surface area contributed by atoms with Gasteiger partial charge in [0.2, 0.25) is 0 Å². The number of hydrogen-bond acceptors (Lipinski definition) is 4. The van der Waals surface area contributed by atoms with Gasteiger partial charge in [-0.3, -0.25) is 4.79 Å². The van der Waals surface area contributed by atoms with E-state index >= 15 is 0 Å². The van der Waals surface area contributed by atoms with Crippen LogP contribution in [0.4, 0.5) is 0 Å². The second kappa shape index (κ2) is 6.12. The number of Topliss-reactive ketones (excluding diaryl/α,β-unsaturated/α-hetero) is 2. The van der Waals surface area contributed by atoms with Crippen molar-refractivity contribution in [2.75, 3.05) is 0 Å². The Morgan fingerprint density at radius 1 is 1.59 bits per heavy atom. The molecule has 1 heterocycles. The molecule has 0 bridgehead atoms. The van der Waals surface area contributed by atoms with Gasteiger partial charge in [0.25, 0.3) is 0 Å². The van der Waals surface area contributed by atoms with E-state index in [1.807, 2.05) is 6.07 Å². The minimum atomic E-state index is -0.847. The van der Waals surface area contributed by atoms with Crippen LogP contribution in [-0.4, -0.2) is 16.6 Å². The van der Waals surface area contributed by atoms with Gasteiger partial charge < -0.3 is 4.79 Å². The molecular weight excluding hydrogens is 240 g/mol. The molecule has 0 saturated heterocycles. The normalized spacial score (nSPS) is 11.6. The Hall–Kier alpha value is -1.73. The first-order valence-corrected chi connectivity index (χ1v) is 5.48. The Kier molecular flexibility index (Phi) is 4.80. The van der Waals surface area contributed by atoms with E-state index in [4.69, 9.17) is 16.9 Å². The molecule has 0 radical (unpaired) electrons. The van der Waals surface area contributed by atoms with Crippen LogP contribution in [-0.2, 0) is 4.79 Å². The van der Waals surface area contributed by atoms with Crippen LogP contribution in [0.3, 0.4) is 0 Å². The predicted molar refractivity (Wildman–Crippen MR) is 62.6 cm³/mol. The van der Waals surface area contributed by atoms with E-state index < -0.39 is 5.92 Å². The maximum atomic E-state index is 12.0. The first kappa shape index (κ1) is 13.3. The van der Waals surface area contributed by atoms with Crippen LogP contribution in [0.25, 0.3) is 0 Å². The summed E-state index contributed by atoms with van der Waals surface area (Å²) in [6, 6.07) is 5.00. The molecule has 1 atom stereocenters. The summed E-state index contributed by atoms with van der Waals surface area (Å²) in [6.45, 7) is 1.43. The molecule has 0 aliphatic carbocycles. The highest BCUT2D eigenvalue weighted by molar-refractivity contribution is 6.32. The lowest BCUT2D eigenvalue weighted by molar-refractivity contribution is -0.117.